The summed E-state index contributed by atoms with van der Waals surface area (Å²) in [6.45, 7) is 4.18. The van der Waals surface area contributed by atoms with Crippen LogP contribution in [0.15, 0.2) is 18.2 Å². The lowest BCUT2D eigenvalue weighted by atomic mass is 9.97. The van der Waals surface area contributed by atoms with Gasteiger partial charge in [0.1, 0.15) is 13.2 Å². The number of nitrogens with zero attached hydrogens (tertiary/aromatic N) is 3. The predicted molar refractivity (Wildman–Crippen MR) is 121 cm³/mol. The monoisotopic (exact) mass is 473 g/mol. The molecule has 3 amide bonds. The van der Waals surface area contributed by atoms with Crippen molar-refractivity contribution in [3.63, 3.8) is 0 Å². The van der Waals surface area contributed by atoms with E-state index in [0.29, 0.717) is 62.9 Å². The number of rotatable bonds is 6. The Bertz CT molecular complexity index is 958. The van der Waals surface area contributed by atoms with Crippen LogP contribution in [-0.4, -0.2) is 86.5 Å². The molecule has 0 spiro atoms. The average Bonchev–Trinajstić information content (AvgIpc) is 3.24. The second-order valence-electron chi connectivity index (χ2n) is 8.83. The summed E-state index contributed by atoms with van der Waals surface area (Å²) in [6, 6.07) is 5.31. The Morgan fingerprint density at radius 1 is 1.09 bits per heavy atom. The van der Waals surface area contributed by atoms with Crippen LogP contribution in [0.1, 0.15) is 26.2 Å². The van der Waals surface area contributed by atoms with Crippen LogP contribution in [0.4, 0.5) is 5.69 Å². The summed E-state index contributed by atoms with van der Waals surface area (Å²) in [5, 5.41) is 0. The van der Waals surface area contributed by atoms with Gasteiger partial charge in [-0.1, -0.05) is 0 Å². The molecule has 1 unspecified atom stereocenters. The largest absolute Gasteiger partial charge is 0.486 e. The molecule has 0 N–H and O–H groups in total. The highest BCUT2D eigenvalue weighted by molar-refractivity contribution is 6.01. The molecule has 10 heteroatoms. The summed E-state index contributed by atoms with van der Waals surface area (Å²) < 4.78 is 16.2. The van der Waals surface area contributed by atoms with Crippen LogP contribution >= 0.6 is 0 Å². The number of esters is 1. The van der Waals surface area contributed by atoms with Gasteiger partial charge < -0.3 is 28.9 Å². The molecule has 1 atom stereocenters. The molecule has 2 fully saturated rings. The zero-order valence-corrected chi connectivity index (χ0v) is 19.7. The fourth-order valence-corrected chi connectivity index (χ4v) is 4.64. The van der Waals surface area contributed by atoms with Crippen molar-refractivity contribution in [3.05, 3.63) is 18.2 Å². The maximum atomic E-state index is 13.0. The highest BCUT2D eigenvalue weighted by Gasteiger charge is 2.38. The molecular weight excluding hydrogens is 442 g/mol. The van der Waals surface area contributed by atoms with Crippen molar-refractivity contribution in [1.29, 1.82) is 0 Å². The molecule has 0 saturated carbocycles. The van der Waals surface area contributed by atoms with Crippen molar-refractivity contribution in [2.45, 2.75) is 26.2 Å². The van der Waals surface area contributed by atoms with Crippen LogP contribution in [0, 0.1) is 11.8 Å². The third kappa shape index (κ3) is 5.10. The highest BCUT2D eigenvalue weighted by Crippen LogP contribution is 2.36. The number of carbonyl (C=O) groups is 4. The minimum absolute atomic E-state index is 0.0579. The Balaban J connectivity index is 1.30. The first kappa shape index (κ1) is 23.8. The molecule has 0 aromatic heterocycles. The Morgan fingerprint density at radius 3 is 2.50 bits per heavy atom. The fraction of sp³-hybridized carbons (Fsp3) is 0.583. The highest BCUT2D eigenvalue weighted by atomic mass is 16.6. The summed E-state index contributed by atoms with van der Waals surface area (Å²) in [5.74, 6) is -0.229. The number of carbonyl (C=O) groups excluding carboxylic acids is 4. The summed E-state index contributed by atoms with van der Waals surface area (Å²) >= 11 is 0. The number of likely N-dealkylation sites (N-methyl/N-ethyl adjacent to an activating group) is 1. The minimum Gasteiger partial charge on any atom is -0.486 e. The molecule has 3 aliphatic rings. The van der Waals surface area contributed by atoms with Crippen molar-refractivity contribution >= 4 is 29.4 Å². The third-order valence-corrected chi connectivity index (χ3v) is 6.53. The number of likely N-dealkylation sites (tertiary alicyclic amines) is 1. The number of amides is 3. The number of anilines is 1. The van der Waals surface area contributed by atoms with E-state index < -0.39 is 5.92 Å². The lowest BCUT2D eigenvalue weighted by molar-refractivity contribution is -0.151. The van der Waals surface area contributed by atoms with Crippen molar-refractivity contribution in [3.8, 4) is 11.5 Å². The topological polar surface area (TPSA) is 106 Å². The van der Waals surface area contributed by atoms with E-state index in [9.17, 15) is 19.2 Å². The van der Waals surface area contributed by atoms with Crippen LogP contribution < -0.4 is 14.4 Å². The third-order valence-electron chi connectivity index (χ3n) is 6.53. The van der Waals surface area contributed by atoms with Crippen LogP contribution in [0.2, 0.25) is 0 Å². The van der Waals surface area contributed by atoms with Gasteiger partial charge in [-0.15, -0.1) is 0 Å². The van der Waals surface area contributed by atoms with Gasteiger partial charge in [0.2, 0.25) is 17.7 Å². The van der Waals surface area contributed by atoms with Gasteiger partial charge in [0.15, 0.2) is 11.5 Å². The van der Waals surface area contributed by atoms with Crippen molar-refractivity contribution in [2.24, 2.45) is 11.8 Å². The zero-order valence-electron chi connectivity index (χ0n) is 19.7. The molecule has 10 nitrogen and oxygen atoms in total. The van der Waals surface area contributed by atoms with Crippen molar-refractivity contribution in [1.82, 2.24) is 9.80 Å². The molecule has 4 rings (SSSR count). The first-order valence-corrected chi connectivity index (χ1v) is 11.8. The summed E-state index contributed by atoms with van der Waals surface area (Å²) in [6.07, 6.45) is 1.21. The molecule has 184 valence electrons. The lowest BCUT2D eigenvalue weighted by Crippen LogP contribution is -2.46. The lowest BCUT2D eigenvalue weighted by Gasteiger charge is -2.32. The molecule has 0 aliphatic carbocycles. The Kier molecular flexibility index (Phi) is 7.23. The number of hydrogen-bond acceptors (Lipinski definition) is 7. The van der Waals surface area contributed by atoms with E-state index in [0.717, 1.165) is 0 Å². The number of fused-ring (bicyclic) bond motifs is 1. The second kappa shape index (κ2) is 10.3. The molecule has 34 heavy (non-hydrogen) atoms. The molecule has 0 radical (unpaired) electrons. The van der Waals surface area contributed by atoms with E-state index in [-0.39, 0.29) is 49.1 Å². The first-order chi connectivity index (χ1) is 16.4. The van der Waals surface area contributed by atoms with Crippen LogP contribution in [0.25, 0.3) is 0 Å². The van der Waals surface area contributed by atoms with Crippen LogP contribution in [-0.2, 0) is 23.9 Å². The smallest absolute Gasteiger partial charge is 0.309 e. The predicted octanol–water partition coefficient (Wildman–Crippen LogP) is 1.07. The van der Waals surface area contributed by atoms with Crippen molar-refractivity contribution < 1.29 is 33.4 Å². The molecule has 1 aromatic carbocycles. The van der Waals surface area contributed by atoms with Gasteiger partial charge in [-0.05, 0) is 31.9 Å². The normalized spacial score (nSPS) is 20.3. The number of hydrogen-bond donors (Lipinski definition) is 0. The quantitative estimate of drug-likeness (QED) is 0.569. The maximum absolute atomic E-state index is 13.0. The van der Waals surface area contributed by atoms with Gasteiger partial charge in [-0.25, -0.2) is 0 Å². The van der Waals surface area contributed by atoms with E-state index in [4.69, 9.17) is 14.2 Å². The first-order valence-electron chi connectivity index (χ1n) is 11.8. The van der Waals surface area contributed by atoms with E-state index in [1.165, 1.54) is 4.90 Å². The zero-order chi connectivity index (χ0) is 24.2. The van der Waals surface area contributed by atoms with Crippen molar-refractivity contribution in [2.75, 3.05) is 57.9 Å². The van der Waals surface area contributed by atoms with Gasteiger partial charge >= 0.3 is 5.97 Å². The van der Waals surface area contributed by atoms with Gasteiger partial charge in [0, 0.05) is 44.9 Å². The number of benzene rings is 1. The summed E-state index contributed by atoms with van der Waals surface area (Å²) in [7, 11) is 1.59. The van der Waals surface area contributed by atoms with E-state index in [1.54, 1.807) is 42.0 Å². The fourth-order valence-electron chi connectivity index (χ4n) is 4.64. The standard InChI is InChI=1S/C24H31N3O7/c1-3-32-24(31)16-6-8-26(9-7-16)22(29)15-25(2)23(30)17-12-21(28)27(14-17)18-4-5-19-20(13-18)34-11-10-33-19/h4-5,13,16-17H,3,6-12,14-15H2,1-2H3. The molecule has 0 bridgehead atoms. The SMILES string of the molecule is CCOC(=O)C1CCN(C(=O)CN(C)C(=O)C2CC(=O)N(c3ccc4c(c3)OCCO4)C2)CC1. The average molecular weight is 474 g/mol. The Morgan fingerprint density at radius 2 is 1.79 bits per heavy atom. The van der Waals surface area contributed by atoms with Gasteiger partial charge in [-0.3, -0.25) is 19.2 Å². The van der Waals surface area contributed by atoms with E-state index >= 15 is 0 Å². The molecule has 3 heterocycles. The second-order valence-corrected chi connectivity index (χ2v) is 8.83. The van der Waals surface area contributed by atoms with Crippen LogP contribution in [0.5, 0.6) is 11.5 Å². The van der Waals surface area contributed by atoms with Gasteiger partial charge in [0.25, 0.3) is 0 Å². The summed E-state index contributed by atoms with van der Waals surface area (Å²) in [4.78, 5) is 54.9. The molecule has 1 aromatic rings. The molecule has 2 saturated heterocycles. The number of piperidine rings is 1. The number of ether oxygens (including phenoxy) is 3. The Hall–Kier alpha value is -3.30. The minimum atomic E-state index is -0.520. The van der Waals surface area contributed by atoms with E-state index in [2.05, 4.69) is 0 Å². The maximum Gasteiger partial charge on any atom is 0.309 e. The summed E-state index contributed by atoms with van der Waals surface area (Å²) in [5.41, 5.74) is 0.660. The molecular formula is C24H31N3O7. The Labute approximate surface area is 198 Å². The van der Waals surface area contributed by atoms with Gasteiger partial charge in [-0.2, -0.15) is 0 Å². The van der Waals surface area contributed by atoms with Crippen LogP contribution in [0.3, 0.4) is 0 Å². The molecule has 3 aliphatic heterocycles. The van der Waals surface area contributed by atoms with E-state index in [1.807, 2.05) is 0 Å². The van der Waals surface area contributed by atoms with Gasteiger partial charge in [0.05, 0.1) is 25.0 Å².